The Kier molecular flexibility index (Phi) is 5.83. The first-order valence-corrected chi connectivity index (χ1v) is 9.40. The molecule has 0 aromatic carbocycles. The predicted molar refractivity (Wildman–Crippen MR) is 97.7 cm³/mol. The minimum absolute atomic E-state index is 0.279. The molecule has 1 aliphatic carbocycles. The third-order valence-electron chi connectivity index (χ3n) is 5.87. The second-order valence-corrected chi connectivity index (χ2v) is 7.53. The molecule has 3 rings (SSSR count). The first kappa shape index (κ1) is 17.1. The van der Waals surface area contributed by atoms with Gasteiger partial charge in [0.1, 0.15) is 6.17 Å². The smallest absolute Gasteiger partial charge is 0.122 e. The topological polar surface area (TPSA) is 43.2 Å². The molecular weight excluding hydrogens is 286 g/mol. The summed E-state index contributed by atoms with van der Waals surface area (Å²) < 4.78 is 0. The second kappa shape index (κ2) is 7.86. The Bertz CT molecular complexity index is 429. The summed E-state index contributed by atoms with van der Waals surface area (Å²) in [5, 5.41) is 3.40. The molecule has 0 aromatic rings. The van der Waals surface area contributed by atoms with E-state index in [1.54, 1.807) is 0 Å². The number of piperazine rings is 1. The molecule has 1 saturated heterocycles. The maximum Gasteiger partial charge on any atom is 0.122 e. The van der Waals surface area contributed by atoms with Crippen LogP contribution in [0.25, 0.3) is 0 Å². The van der Waals surface area contributed by atoms with Gasteiger partial charge in [-0.3, -0.25) is 19.8 Å². The lowest BCUT2D eigenvalue weighted by Crippen LogP contribution is -2.53. The number of nitrogens with zero attached hydrogens (tertiary/aromatic N) is 4. The first-order chi connectivity index (χ1) is 11.2. The van der Waals surface area contributed by atoms with Gasteiger partial charge in [0.25, 0.3) is 0 Å². The average molecular weight is 319 g/mol. The van der Waals surface area contributed by atoms with Crippen molar-refractivity contribution < 1.29 is 0 Å². The van der Waals surface area contributed by atoms with Gasteiger partial charge in [-0.15, -0.1) is 0 Å². The van der Waals surface area contributed by atoms with Crippen LogP contribution in [-0.4, -0.2) is 79.7 Å². The van der Waals surface area contributed by atoms with Crippen LogP contribution in [0.4, 0.5) is 0 Å². The number of hydrogen-bond donors (Lipinski definition) is 1. The first-order valence-electron chi connectivity index (χ1n) is 9.40. The van der Waals surface area contributed by atoms with Gasteiger partial charge in [-0.25, -0.2) is 0 Å². The summed E-state index contributed by atoms with van der Waals surface area (Å²) in [7, 11) is 2.08. The minimum Gasteiger partial charge on any atom is -0.317 e. The van der Waals surface area contributed by atoms with E-state index in [2.05, 4.69) is 42.2 Å². The largest absolute Gasteiger partial charge is 0.317 e. The van der Waals surface area contributed by atoms with Crippen molar-refractivity contribution in [3.63, 3.8) is 0 Å². The highest BCUT2D eigenvalue weighted by Crippen LogP contribution is 2.26. The highest BCUT2D eigenvalue weighted by atomic mass is 15.3. The zero-order valence-corrected chi connectivity index (χ0v) is 15.0. The van der Waals surface area contributed by atoms with Crippen molar-refractivity contribution in [2.24, 2.45) is 15.9 Å². The quantitative estimate of drug-likeness (QED) is 0.857. The van der Waals surface area contributed by atoms with Crippen molar-refractivity contribution in [2.75, 3.05) is 39.8 Å². The standard InChI is InChI=1S/C18H33N5/c1-14(2)22-8-10-23(11-9-22)18-13-20-17(12-21-18)15-4-6-16(19-3)7-5-15/h12,14-16,18-19H,4-11,13H2,1-3H3. The van der Waals surface area contributed by atoms with Crippen molar-refractivity contribution in [1.29, 1.82) is 0 Å². The van der Waals surface area contributed by atoms with Gasteiger partial charge in [-0.05, 0) is 46.6 Å². The number of hydrogen-bond acceptors (Lipinski definition) is 5. The van der Waals surface area contributed by atoms with Crippen LogP contribution in [0.1, 0.15) is 39.5 Å². The number of aliphatic imine (C=N–C) groups is 2. The van der Waals surface area contributed by atoms with E-state index < -0.39 is 0 Å². The van der Waals surface area contributed by atoms with E-state index in [4.69, 9.17) is 9.98 Å². The van der Waals surface area contributed by atoms with Crippen molar-refractivity contribution in [3.8, 4) is 0 Å². The summed E-state index contributed by atoms with van der Waals surface area (Å²) in [4.78, 5) is 14.8. The van der Waals surface area contributed by atoms with E-state index in [1.807, 2.05) is 0 Å². The molecule has 1 N–H and O–H groups in total. The molecular formula is C18H33N5. The third-order valence-corrected chi connectivity index (χ3v) is 5.87. The molecule has 1 unspecified atom stereocenters. The summed E-state index contributed by atoms with van der Waals surface area (Å²) in [5.74, 6) is 0.641. The van der Waals surface area contributed by atoms with Crippen LogP contribution in [0, 0.1) is 5.92 Å². The lowest BCUT2D eigenvalue weighted by molar-refractivity contribution is 0.0830. The molecule has 2 aliphatic heterocycles. The van der Waals surface area contributed by atoms with Gasteiger partial charge in [-0.2, -0.15) is 0 Å². The van der Waals surface area contributed by atoms with Crippen molar-refractivity contribution in [2.45, 2.75) is 57.8 Å². The van der Waals surface area contributed by atoms with Crippen LogP contribution in [0.15, 0.2) is 9.98 Å². The van der Waals surface area contributed by atoms with Gasteiger partial charge in [-0.1, -0.05) is 0 Å². The molecule has 130 valence electrons. The summed E-state index contributed by atoms with van der Waals surface area (Å²) >= 11 is 0. The predicted octanol–water partition coefficient (Wildman–Crippen LogP) is 1.64. The zero-order valence-electron chi connectivity index (χ0n) is 15.0. The van der Waals surface area contributed by atoms with E-state index in [0.29, 0.717) is 18.0 Å². The Morgan fingerprint density at radius 3 is 2.30 bits per heavy atom. The Hall–Kier alpha value is -0.780. The Morgan fingerprint density at radius 1 is 1.09 bits per heavy atom. The average Bonchev–Trinajstić information content (AvgIpc) is 2.62. The summed E-state index contributed by atoms with van der Waals surface area (Å²) in [6.45, 7) is 10.0. The third kappa shape index (κ3) is 4.20. The molecule has 1 saturated carbocycles. The highest BCUT2D eigenvalue weighted by Gasteiger charge is 2.28. The van der Waals surface area contributed by atoms with Gasteiger partial charge in [0.15, 0.2) is 0 Å². The summed E-state index contributed by atoms with van der Waals surface area (Å²) in [6, 6.07) is 1.36. The molecule has 2 fully saturated rings. The monoisotopic (exact) mass is 319 g/mol. The van der Waals surface area contributed by atoms with E-state index in [9.17, 15) is 0 Å². The van der Waals surface area contributed by atoms with E-state index in [-0.39, 0.29) is 6.17 Å². The molecule has 0 bridgehead atoms. The van der Waals surface area contributed by atoms with Gasteiger partial charge in [0.2, 0.25) is 0 Å². The molecule has 5 heteroatoms. The van der Waals surface area contributed by atoms with Crippen molar-refractivity contribution >= 4 is 11.9 Å². The lowest BCUT2D eigenvalue weighted by Gasteiger charge is -2.40. The molecule has 0 amide bonds. The Morgan fingerprint density at radius 2 is 1.78 bits per heavy atom. The SMILES string of the molecule is CNC1CCC(C2=NCC(N3CCN(C(C)C)CC3)N=C2)CC1. The molecule has 3 aliphatic rings. The summed E-state index contributed by atoms with van der Waals surface area (Å²) in [6.07, 6.45) is 7.43. The zero-order chi connectivity index (χ0) is 16.2. The minimum atomic E-state index is 0.279. The summed E-state index contributed by atoms with van der Waals surface area (Å²) in [5.41, 5.74) is 1.26. The van der Waals surface area contributed by atoms with Crippen LogP contribution >= 0.6 is 0 Å². The van der Waals surface area contributed by atoms with Gasteiger partial charge in [0, 0.05) is 50.4 Å². The fourth-order valence-electron chi connectivity index (χ4n) is 4.11. The van der Waals surface area contributed by atoms with Crippen molar-refractivity contribution in [1.82, 2.24) is 15.1 Å². The van der Waals surface area contributed by atoms with E-state index >= 15 is 0 Å². The second-order valence-electron chi connectivity index (χ2n) is 7.53. The Labute approximate surface area is 141 Å². The van der Waals surface area contributed by atoms with Crippen LogP contribution < -0.4 is 5.32 Å². The molecule has 0 aromatic heterocycles. The lowest BCUT2D eigenvalue weighted by atomic mass is 9.83. The van der Waals surface area contributed by atoms with E-state index in [1.165, 1.54) is 31.4 Å². The van der Waals surface area contributed by atoms with Crippen molar-refractivity contribution in [3.05, 3.63) is 0 Å². The molecule has 0 spiro atoms. The molecule has 1 atom stereocenters. The molecule has 2 heterocycles. The highest BCUT2D eigenvalue weighted by molar-refractivity contribution is 6.32. The molecule has 0 radical (unpaired) electrons. The van der Waals surface area contributed by atoms with Gasteiger partial charge < -0.3 is 5.32 Å². The van der Waals surface area contributed by atoms with Crippen LogP contribution in [0.3, 0.4) is 0 Å². The Balaban J connectivity index is 1.47. The van der Waals surface area contributed by atoms with Crippen LogP contribution in [0.5, 0.6) is 0 Å². The van der Waals surface area contributed by atoms with Crippen LogP contribution in [-0.2, 0) is 0 Å². The molecule has 5 nitrogen and oxygen atoms in total. The normalized spacial score (nSPS) is 33.9. The fraction of sp³-hybridized carbons (Fsp3) is 0.889. The van der Waals surface area contributed by atoms with Gasteiger partial charge >= 0.3 is 0 Å². The number of nitrogens with one attached hydrogen (secondary N) is 1. The number of rotatable bonds is 4. The maximum atomic E-state index is 4.91. The maximum absolute atomic E-state index is 4.91. The van der Waals surface area contributed by atoms with Gasteiger partial charge in [0.05, 0.1) is 12.3 Å². The van der Waals surface area contributed by atoms with Crippen LogP contribution in [0.2, 0.25) is 0 Å². The fourth-order valence-corrected chi connectivity index (χ4v) is 4.11. The molecule has 23 heavy (non-hydrogen) atoms. The van der Waals surface area contributed by atoms with E-state index in [0.717, 1.165) is 32.7 Å².